The Hall–Kier alpha value is -5.41. The first-order chi connectivity index (χ1) is 29.4. The number of alkyl carbamates (subject to hydrolysis) is 1. The van der Waals surface area contributed by atoms with Crippen LogP contribution in [0.5, 0.6) is 5.75 Å². The van der Waals surface area contributed by atoms with Crippen LogP contribution in [0.15, 0.2) is 84.5 Å². The average Bonchev–Trinajstić information content (AvgIpc) is 3.56. The fourth-order valence-corrected chi connectivity index (χ4v) is 8.51. The number of esters is 1. The van der Waals surface area contributed by atoms with Gasteiger partial charge in [-0.3, -0.25) is 15.0 Å². The molecule has 3 amide bonds. The van der Waals surface area contributed by atoms with Crippen LogP contribution in [0.25, 0.3) is 11.1 Å². The topological polar surface area (TPSA) is 162 Å². The Morgan fingerprint density at radius 1 is 1.06 bits per heavy atom. The molecule has 6 rings (SSSR count). The lowest BCUT2D eigenvalue weighted by Gasteiger charge is -2.44. The number of nitrogens with one attached hydrogen (secondary N) is 1. The number of carbonyl (C=O) groups excluding carboxylic acids is 4. The highest BCUT2D eigenvalue weighted by atomic mass is 35.5. The molecule has 3 aliphatic rings. The van der Waals surface area contributed by atoms with Gasteiger partial charge < -0.3 is 38.4 Å². The molecule has 332 valence electrons. The molecule has 0 radical (unpaired) electrons. The molecule has 2 heterocycles. The van der Waals surface area contributed by atoms with E-state index in [1.54, 1.807) is 52.1 Å². The van der Waals surface area contributed by atoms with Crippen LogP contribution in [0.1, 0.15) is 70.1 Å². The summed E-state index contributed by atoms with van der Waals surface area (Å²) in [6.07, 6.45) is -0.680. The third-order valence-electron chi connectivity index (χ3n) is 12.0. The van der Waals surface area contributed by atoms with Crippen LogP contribution in [0, 0.1) is 0 Å². The van der Waals surface area contributed by atoms with Gasteiger partial charge in [0.1, 0.15) is 47.3 Å². The first-order valence-corrected chi connectivity index (χ1v) is 20.9. The molecule has 62 heavy (non-hydrogen) atoms. The van der Waals surface area contributed by atoms with Gasteiger partial charge in [0.15, 0.2) is 5.72 Å². The zero-order chi connectivity index (χ0) is 45.1. The Kier molecular flexibility index (Phi) is 14.1. The minimum atomic E-state index is -1.89. The van der Waals surface area contributed by atoms with Gasteiger partial charge in [0.05, 0.1) is 25.3 Å². The molecule has 15 heteroatoms. The van der Waals surface area contributed by atoms with E-state index in [4.69, 9.17) is 40.0 Å². The molecule has 4 bridgehead atoms. The molecule has 1 aliphatic carbocycles. The molecule has 0 aromatic heterocycles. The van der Waals surface area contributed by atoms with Crippen LogP contribution in [-0.2, 0) is 39.7 Å². The van der Waals surface area contributed by atoms with Gasteiger partial charge in [-0.2, -0.15) is 0 Å². The lowest BCUT2D eigenvalue weighted by atomic mass is 9.93. The number of methoxy groups -OCH3 is 2. The third kappa shape index (κ3) is 9.78. The summed E-state index contributed by atoms with van der Waals surface area (Å²) in [5, 5.41) is 14.5. The number of carbonyl (C=O) groups is 4. The average molecular weight is 874 g/mol. The summed E-state index contributed by atoms with van der Waals surface area (Å²) in [6, 6.07) is 18.4. The minimum absolute atomic E-state index is 0.0450. The smallest absolute Gasteiger partial charge is 0.410 e. The number of hydrogen-bond donors (Lipinski definition) is 2. The van der Waals surface area contributed by atoms with E-state index in [-0.39, 0.29) is 24.0 Å². The molecule has 0 saturated carbocycles. The zero-order valence-corrected chi connectivity index (χ0v) is 37.4. The highest BCUT2D eigenvalue weighted by Crippen LogP contribution is 2.45. The van der Waals surface area contributed by atoms with Crippen molar-refractivity contribution in [2.75, 3.05) is 39.8 Å². The predicted molar refractivity (Wildman–Crippen MR) is 233 cm³/mol. The Morgan fingerprint density at radius 3 is 2.34 bits per heavy atom. The first kappa shape index (κ1) is 46.1. The van der Waals surface area contributed by atoms with Gasteiger partial charge in [-0.1, -0.05) is 83.9 Å². The van der Waals surface area contributed by atoms with E-state index in [1.165, 1.54) is 33.1 Å². The number of benzene rings is 3. The number of hydrogen-bond acceptors (Lipinski definition) is 11. The van der Waals surface area contributed by atoms with Gasteiger partial charge in [0, 0.05) is 33.5 Å². The number of likely N-dealkylation sites (N-methyl/N-ethyl adjacent to an activating group) is 1. The van der Waals surface area contributed by atoms with Crippen molar-refractivity contribution in [1.82, 2.24) is 10.2 Å². The predicted octanol–water partition coefficient (Wildman–Crippen LogP) is 7.33. The van der Waals surface area contributed by atoms with Gasteiger partial charge in [-0.05, 0) is 81.0 Å². The summed E-state index contributed by atoms with van der Waals surface area (Å²) in [6.45, 7) is 8.38. The maximum Gasteiger partial charge on any atom is 0.410 e. The molecular formula is C47H56ClN3O11. The maximum absolute atomic E-state index is 14.3. The molecule has 1 saturated heterocycles. The van der Waals surface area contributed by atoms with Crippen LogP contribution in [0.3, 0.4) is 0 Å². The molecule has 1 fully saturated rings. The second-order valence-corrected chi connectivity index (χ2v) is 17.0. The number of anilines is 1. The van der Waals surface area contributed by atoms with E-state index in [1.807, 2.05) is 61.5 Å². The summed E-state index contributed by atoms with van der Waals surface area (Å²) in [7, 11) is 5.89. The molecule has 0 spiro atoms. The number of rotatable bonds is 7. The van der Waals surface area contributed by atoms with Crippen LogP contribution >= 0.6 is 11.6 Å². The molecule has 14 nitrogen and oxygen atoms in total. The number of fused-ring (bicyclic) bond motifs is 7. The Morgan fingerprint density at radius 2 is 1.71 bits per heavy atom. The Bertz CT molecular complexity index is 2200. The summed E-state index contributed by atoms with van der Waals surface area (Å²) in [5.74, 6) is -1.15. The van der Waals surface area contributed by atoms with Crippen molar-refractivity contribution < 1.29 is 52.7 Å². The van der Waals surface area contributed by atoms with E-state index >= 15 is 0 Å². The number of aliphatic hydroxyl groups is 1. The van der Waals surface area contributed by atoms with Crippen molar-refractivity contribution in [3.05, 3.63) is 106 Å². The van der Waals surface area contributed by atoms with Crippen LogP contribution in [0.2, 0.25) is 5.02 Å². The summed E-state index contributed by atoms with van der Waals surface area (Å²) in [5.41, 5.74) is 2.98. The van der Waals surface area contributed by atoms with Crippen LogP contribution < -0.4 is 15.0 Å². The van der Waals surface area contributed by atoms with Gasteiger partial charge in [-0.25, -0.2) is 14.4 Å². The lowest BCUT2D eigenvalue weighted by molar-refractivity contribution is -0.203. The molecule has 3 aromatic rings. The molecular weight excluding hydrogens is 818 g/mol. The molecule has 3 aromatic carbocycles. The van der Waals surface area contributed by atoms with E-state index in [0.29, 0.717) is 17.9 Å². The van der Waals surface area contributed by atoms with Crippen LogP contribution in [-0.4, -0.2) is 111 Å². The largest absolute Gasteiger partial charge is 0.495 e. The standard InChI is InChI=1S/C47H56ClN3O11/c1-27-15-14-20-39(58-9)47(56)25-38(60-44(54)49-47)29(3)62-46(4,5)40(24-41(52)51(7)36-22-30(21-27)23-37(57-8)42(36)48)61-43(53)28(2)50(6)45(55)59-26-35-33-18-12-10-16-31(33)32-17-11-13-19-34(32)35/h10-20,22-23,28-29,35,38-40,56H,21,24-26H2,1-9H3,(H,49,54)/b20-14+,27-15+/t28-,29+,38-,39+,40-,47-/m0/s1. The van der Waals surface area contributed by atoms with Crippen LogP contribution in [0.4, 0.5) is 15.3 Å². The molecule has 2 N–H and O–H groups in total. The van der Waals surface area contributed by atoms with Crippen molar-refractivity contribution in [1.29, 1.82) is 0 Å². The SMILES string of the molecule is COc1cc2cc(c1Cl)N(C)C(=O)C[C@H](OC(=O)[C@H](C)N(C)C(=O)OCC1c3ccccc3-c3ccccc31)C(C)(C)O[C@H](C)[C@@H]1C[C@@](O)(NC(=O)O1)[C@H](OC)/C=C/C=C(\C)C2. The number of halogens is 1. The second-order valence-electron chi connectivity index (χ2n) is 16.7. The highest BCUT2D eigenvalue weighted by molar-refractivity contribution is 6.35. The van der Waals surface area contributed by atoms with Crippen molar-refractivity contribution in [3.8, 4) is 16.9 Å². The van der Waals surface area contributed by atoms with Gasteiger partial charge in [-0.15, -0.1) is 0 Å². The lowest BCUT2D eigenvalue weighted by Crippen LogP contribution is -2.64. The number of allylic oxidation sites excluding steroid dienone is 3. The normalized spacial score (nSPS) is 25.8. The maximum atomic E-state index is 14.3. The fourth-order valence-electron chi connectivity index (χ4n) is 8.20. The van der Waals surface area contributed by atoms with Crippen molar-refractivity contribution in [2.45, 2.75) is 102 Å². The molecule has 6 atom stereocenters. The first-order valence-electron chi connectivity index (χ1n) is 20.5. The van der Waals surface area contributed by atoms with Gasteiger partial charge in [0.25, 0.3) is 0 Å². The molecule has 0 unspecified atom stereocenters. The van der Waals surface area contributed by atoms with E-state index in [2.05, 4.69) is 5.32 Å². The van der Waals surface area contributed by atoms with Crippen molar-refractivity contribution in [2.24, 2.45) is 0 Å². The summed E-state index contributed by atoms with van der Waals surface area (Å²) < 4.78 is 35.3. The fraction of sp³-hybridized carbons (Fsp3) is 0.447. The second kappa shape index (κ2) is 18.9. The van der Waals surface area contributed by atoms with E-state index in [0.717, 1.165) is 38.3 Å². The van der Waals surface area contributed by atoms with Crippen molar-refractivity contribution >= 4 is 41.4 Å². The van der Waals surface area contributed by atoms with E-state index < -0.39 is 72.3 Å². The van der Waals surface area contributed by atoms with Gasteiger partial charge in [0.2, 0.25) is 5.91 Å². The monoisotopic (exact) mass is 873 g/mol. The quantitative estimate of drug-likeness (QED) is 0.181. The third-order valence-corrected chi connectivity index (χ3v) is 12.3. The molecule has 2 aliphatic heterocycles. The number of amides is 3. The Labute approximate surface area is 367 Å². The highest BCUT2D eigenvalue weighted by Gasteiger charge is 2.49. The number of ether oxygens (including phenoxy) is 6. The summed E-state index contributed by atoms with van der Waals surface area (Å²) >= 11 is 6.81. The van der Waals surface area contributed by atoms with Crippen molar-refractivity contribution in [3.63, 3.8) is 0 Å². The van der Waals surface area contributed by atoms with Gasteiger partial charge >= 0.3 is 18.2 Å². The van der Waals surface area contributed by atoms with E-state index in [9.17, 15) is 24.3 Å². The Balaban J connectivity index is 1.27. The summed E-state index contributed by atoms with van der Waals surface area (Å²) in [4.78, 5) is 57.4. The zero-order valence-electron chi connectivity index (χ0n) is 36.6. The minimum Gasteiger partial charge on any atom is -0.495 e. The number of nitrogens with zero attached hydrogens (tertiary/aromatic N) is 2.